The number of fused-ring (bicyclic) bond motifs is 1. The van der Waals surface area contributed by atoms with Crippen LogP contribution < -0.4 is 5.32 Å². The first-order valence-corrected chi connectivity index (χ1v) is 6.80. The molecule has 0 aliphatic carbocycles. The Labute approximate surface area is 118 Å². The van der Waals surface area contributed by atoms with E-state index in [2.05, 4.69) is 42.2 Å². The van der Waals surface area contributed by atoms with E-state index in [1.807, 2.05) is 10.7 Å². The third kappa shape index (κ3) is 3.46. The van der Waals surface area contributed by atoms with Gasteiger partial charge in [0.05, 0.1) is 25.5 Å². The molecule has 2 heterocycles. The molecule has 0 saturated carbocycles. The lowest BCUT2D eigenvalue weighted by molar-refractivity contribution is 0.0992. The van der Waals surface area contributed by atoms with Crippen LogP contribution in [0.5, 0.6) is 0 Å². The summed E-state index contributed by atoms with van der Waals surface area (Å²) in [7, 11) is 0. The van der Waals surface area contributed by atoms with Gasteiger partial charge in [0.25, 0.3) is 0 Å². The first-order chi connectivity index (χ1) is 9.52. The van der Waals surface area contributed by atoms with Crippen molar-refractivity contribution in [2.24, 2.45) is 0 Å². The maximum atomic E-state index is 8.63. The second-order valence-electron chi connectivity index (χ2n) is 5.65. The van der Waals surface area contributed by atoms with E-state index in [1.54, 1.807) is 6.20 Å². The molecule has 2 aromatic heterocycles. The maximum Gasteiger partial charge on any atom is 0.152 e. The largest absolute Gasteiger partial charge is 0.394 e. The summed E-state index contributed by atoms with van der Waals surface area (Å²) in [5.74, 6) is 0.795. The summed E-state index contributed by atoms with van der Waals surface area (Å²) in [6, 6.07) is 2.06. The smallest absolute Gasteiger partial charge is 0.152 e. The Balaban J connectivity index is 2.11. The van der Waals surface area contributed by atoms with Crippen LogP contribution in [0.15, 0.2) is 18.5 Å². The molecule has 2 N–H and O–H groups in total. The summed E-state index contributed by atoms with van der Waals surface area (Å²) in [5.41, 5.74) is 2.00. The highest BCUT2D eigenvalue weighted by Gasteiger charge is 2.18. The first kappa shape index (κ1) is 14.7. The molecule has 2 aromatic rings. The molecule has 0 atom stereocenters. The summed E-state index contributed by atoms with van der Waals surface area (Å²) in [4.78, 5) is 4.34. The Bertz CT molecular complexity index is 560. The molecule has 6 nitrogen and oxygen atoms in total. The second kappa shape index (κ2) is 6.19. The monoisotopic (exact) mass is 278 g/mol. The summed E-state index contributed by atoms with van der Waals surface area (Å²) in [5, 5.41) is 16.4. The minimum atomic E-state index is 0.00747. The van der Waals surface area contributed by atoms with Gasteiger partial charge in [-0.25, -0.2) is 9.50 Å². The molecule has 20 heavy (non-hydrogen) atoms. The fourth-order valence-electron chi connectivity index (χ4n) is 1.83. The molecule has 0 bridgehead atoms. The molecule has 0 aliphatic heterocycles. The SMILES string of the molecule is CC(C)(C)c1cc2c(NCCOCCO)nccn2n1. The molecule has 2 rings (SSSR count). The Hall–Kier alpha value is -1.66. The van der Waals surface area contributed by atoms with Crippen LogP contribution in [0.4, 0.5) is 5.82 Å². The van der Waals surface area contributed by atoms with E-state index in [0.717, 1.165) is 17.0 Å². The first-order valence-electron chi connectivity index (χ1n) is 6.80. The highest BCUT2D eigenvalue weighted by atomic mass is 16.5. The van der Waals surface area contributed by atoms with Crippen molar-refractivity contribution in [2.75, 3.05) is 31.7 Å². The van der Waals surface area contributed by atoms with Crippen LogP contribution in [-0.2, 0) is 10.2 Å². The summed E-state index contributed by atoms with van der Waals surface area (Å²) < 4.78 is 7.05. The van der Waals surface area contributed by atoms with Crippen molar-refractivity contribution in [3.8, 4) is 0 Å². The van der Waals surface area contributed by atoms with Crippen molar-refractivity contribution < 1.29 is 9.84 Å². The van der Waals surface area contributed by atoms with Gasteiger partial charge in [-0.05, 0) is 6.07 Å². The molecule has 0 radical (unpaired) electrons. The van der Waals surface area contributed by atoms with Crippen molar-refractivity contribution in [3.63, 3.8) is 0 Å². The van der Waals surface area contributed by atoms with Crippen molar-refractivity contribution in [2.45, 2.75) is 26.2 Å². The average molecular weight is 278 g/mol. The molecule has 6 heteroatoms. The minimum Gasteiger partial charge on any atom is -0.394 e. The van der Waals surface area contributed by atoms with Gasteiger partial charge < -0.3 is 15.2 Å². The van der Waals surface area contributed by atoms with Crippen LogP contribution in [0.2, 0.25) is 0 Å². The molecular weight excluding hydrogens is 256 g/mol. The summed E-state index contributed by atoms with van der Waals surface area (Å²) in [6.07, 6.45) is 3.57. The van der Waals surface area contributed by atoms with Crippen LogP contribution >= 0.6 is 0 Å². The highest BCUT2D eigenvalue weighted by molar-refractivity contribution is 5.68. The number of aromatic nitrogens is 3. The lowest BCUT2D eigenvalue weighted by Crippen LogP contribution is -2.12. The molecule has 0 spiro atoms. The molecule has 110 valence electrons. The number of anilines is 1. The van der Waals surface area contributed by atoms with E-state index in [1.165, 1.54) is 0 Å². The molecular formula is C14H22N4O2. The van der Waals surface area contributed by atoms with Crippen molar-refractivity contribution in [3.05, 3.63) is 24.2 Å². The predicted octanol–water partition coefficient (Wildman–Crippen LogP) is 1.45. The minimum absolute atomic E-state index is 0.00747. The molecule has 0 unspecified atom stereocenters. The number of hydrogen-bond donors (Lipinski definition) is 2. The normalized spacial score (nSPS) is 12.0. The number of nitrogens with one attached hydrogen (secondary N) is 1. The zero-order chi connectivity index (χ0) is 14.6. The van der Waals surface area contributed by atoms with E-state index in [4.69, 9.17) is 9.84 Å². The third-order valence-corrected chi connectivity index (χ3v) is 2.93. The van der Waals surface area contributed by atoms with Crippen molar-refractivity contribution >= 4 is 11.3 Å². The Morgan fingerprint density at radius 3 is 2.85 bits per heavy atom. The second-order valence-corrected chi connectivity index (χ2v) is 5.65. The van der Waals surface area contributed by atoms with E-state index >= 15 is 0 Å². The maximum absolute atomic E-state index is 8.63. The van der Waals surface area contributed by atoms with Gasteiger partial charge in [-0.15, -0.1) is 0 Å². The van der Waals surface area contributed by atoms with Gasteiger partial charge in [-0.1, -0.05) is 20.8 Å². The molecule has 0 saturated heterocycles. The van der Waals surface area contributed by atoms with Crippen molar-refractivity contribution in [1.82, 2.24) is 14.6 Å². The van der Waals surface area contributed by atoms with Gasteiger partial charge >= 0.3 is 0 Å². The van der Waals surface area contributed by atoms with Crippen molar-refractivity contribution in [1.29, 1.82) is 0 Å². The number of hydrogen-bond acceptors (Lipinski definition) is 5. The predicted molar refractivity (Wildman–Crippen MR) is 78.1 cm³/mol. The van der Waals surface area contributed by atoms with Crippen LogP contribution in [0.3, 0.4) is 0 Å². The standard InChI is InChI=1S/C14H22N4O2/c1-14(2,3)12-10-11-13(15-4-6-18(11)17-12)16-5-8-20-9-7-19/h4,6,10,19H,5,7-9H2,1-3H3,(H,15,16). The molecule has 0 aliphatic rings. The fourth-order valence-corrected chi connectivity index (χ4v) is 1.83. The molecule has 0 amide bonds. The lowest BCUT2D eigenvalue weighted by Gasteiger charge is -2.13. The highest BCUT2D eigenvalue weighted by Crippen LogP contribution is 2.24. The summed E-state index contributed by atoms with van der Waals surface area (Å²) >= 11 is 0. The number of aliphatic hydroxyl groups is 1. The Morgan fingerprint density at radius 2 is 2.15 bits per heavy atom. The van der Waals surface area contributed by atoms with Gasteiger partial charge in [0.15, 0.2) is 5.82 Å². The van der Waals surface area contributed by atoms with Gasteiger partial charge in [0.1, 0.15) is 5.52 Å². The van der Waals surface area contributed by atoms with E-state index in [0.29, 0.717) is 19.8 Å². The number of ether oxygens (including phenoxy) is 1. The van der Waals surface area contributed by atoms with Crippen LogP contribution in [0, 0.1) is 0 Å². The van der Waals surface area contributed by atoms with E-state index in [-0.39, 0.29) is 12.0 Å². The zero-order valence-electron chi connectivity index (χ0n) is 12.3. The van der Waals surface area contributed by atoms with Gasteiger partial charge in [-0.3, -0.25) is 0 Å². The quantitative estimate of drug-likeness (QED) is 0.783. The number of aliphatic hydroxyl groups excluding tert-OH is 1. The average Bonchev–Trinajstić information content (AvgIpc) is 2.83. The van der Waals surface area contributed by atoms with Gasteiger partial charge in [0.2, 0.25) is 0 Å². The summed E-state index contributed by atoms with van der Waals surface area (Å²) in [6.45, 7) is 7.99. The molecule has 0 aromatic carbocycles. The van der Waals surface area contributed by atoms with Crippen LogP contribution in [0.1, 0.15) is 26.5 Å². The fraction of sp³-hybridized carbons (Fsp3) is 0.571. The number of nitrogens with zero attached hydrogens (tertiary/aromatic N) is 3. The Kier molecular flexibility index (Phi) is 4.57. The van der Waals surface area contributed by atoms with E-state index in [9.17, 15) is 0 Å². The topological polar surface area (TPSA) is 71.7 Å². The zero-order valence-corrected chi connectivity index (χ0v) is 12.3. The van der Waals surface area contributed by atoms with Gasteiger partial charge in [-0.2, -0.15) is 5.10 Å². The Morgan fingerprint density at radius 1 is 1.35 bits per heavy atom. The molecule has 0 fully saturated rings. The lowest BCUT2D eigenvalue weighted by atomic mass is 9.92. The number of rotatable bonds is 6. The van der Waals surface area contributed by atoms with Gasteiger partial charge in [0, 0.05) is 24.4 Å². The van der Waals surface area contributed by atoms with Crippen LogP contribution in [-0.4, -0.2) is 46.1 Å². The third-order valence-electron chi connectivity index (χ3n) is 2.93. The van der Waals surface area contributed by atoms with Crippen LogP contribution in [0.25, 0.3) is 5.52 Å². The van der Waals surface area contributed by atoms with E-state index < -0.39 is 0 Å².